The van der Waals surface area contributed by atoms with Crippen LogP contribution in [0.15, 0.2) is 174 Å². The van der Waals surface area contributed by atoms with Gasteiger partial charge in [0.25, 0.3) is 0 Å². The molecule has 2 aliphatic heterocycles. The Morgan fingerprint density at radius 1 is 0.596 bits per heavy atom. The van der Waals surface area contributed by atoms with E-state index >= 15 is 0 Å². The Morgan fingerprint density at radius 3 is 2.16 bits per heavy atom. The minimum Gasteiger partial charge on any atom is -0.311 e. The van der Waals surface area contributed by atoms with Gasteiger partial charge in [0, 0.05) is 58.2 Å². The second-order valence-corrected chi connectivity index (χ2v) is 15.2. The lowest BCUT2D eigenvalue weighted by atomic mass is 9.82. The maximum atomic E-state index is 5.04. The Bertz CT molecular complexity index is 3130. The Balaban J connectivity index is 1.05. The van der Waals surface area contributed by atoms with Crippen LogP contribution < -0.4 is 0 Å². The van der Waals surface area contributed by atoms with Crippen molar-refractivity contribution in [1.82, 2.24) is 19.1 Å². The molecule has 0 N–H and O–H groups in total. The summed E-state index contributed by atoms with van der Waals surface area (Å²) in [5, 5.41) is 2.27. The van der Waals surface area contributed by atoms with Gasteiger partial charge in [0.15, 0.2) is 0 Å². The van der Waals surface area contributed by atoms with E-state index in [1.54, 1.807) is 0 Å². The van der Waals surface area contributed by atoms with Gasteiger partial charge in [0.1, 0.15) is 0 Å². The highest BCUT2D eigenvalue weighted by Gasteiger charge is 2.29. The summed E-state index contributed by atoms with van der Waals surface area (Å²) < 4.78 is 4.78. The summed E-state index contributed by atoms with van der Waals surface area (Å²) in [7, 11) is 0. The van der Waals surface area contributed by atoms with Crippen molar-refractivity contribution in [3.05, 3.63) is 175 Å². The zero-order valence-corrected chi connectivity index (χ0v) is 31.5. The van der Waals surface area contributed by atoms with Crippen molar-refractivity contribution in [3.8, 4) is 44.9 Å². The van der Waals surface area contributed by atoms with E-state index in [2.05, 4.69) is 155 Å². The molecule has 4 aromatic heterocycles. The van der Waals surface area contributed by atoms with Gasteiger partial charge in [-0.25, -0.2) is 0 Å². The zero-order chi connectivity index (χ0) is 37.9. The number of fused-ring (bicyclic) bond motifs is 6. The van der Waals surface area contributed by atoms with Crippen LogP contribution in [0.4, 0.5) is 5.69 Å². The highest BCUT2D eigenvalue weighted by Crippen LogP contribution is 2.44. The lowest BCUT2D eigenvalue weighted by Gasteiger charge is -2.28. The smallest absolute Gasteiger partial charge is 0.0963 e. The minimum atomic E-state index is -0.307. The van der Waals surface area contributed by atoms with Crippen LogP contribution in [0.5, 0.6) is 0 Å². The SMILES string of the molecule is CC1(c2ccccc2-c2ccc3c(c2)c2c(n3-c3cccc(-n4c5ccc(-c6ccccc6-c6ccccn6)cc5c5ncccc54)c3)CCC=N2)CC=CC=N1. The summed E-state index contributed by atoms with van der Waals surface area (Å²) in [4.78, 5) is 19.6. The fourth-order valence-electron chi connectivity index (χ4n) is 9.06. The first kappa shape index (κ1) is 33.2. The molecule has 0 saturated heterocycles. The average Bonchev–Trinajstić information content (AvgIpc) is 3.79. The number of aliphatic imine (C=N–C) groups is 2. The summed E-state index contributed by atoms with van der Waals surface area (Å²) in [6.45, 7) is 2.23. The molecular weight excluding hydrogens is 697 g/mol. The van der Waals surface area contributed by atoms with Crippen molar-refractivity contribution in [3.63, 3.8) is 0 Å². The van der Waals surface area contributed by atoms with Gasteiger partial charge in [-0.2, -0.15) is 0 Å². The number of aromatic nitrogens is 4. The Labute approximate surface area is 330 Å². The Hall–Kier alpha value is -7.18. The van der Waals surface area contributed by atoms with Gasteiger partial charge in [-0.1, -0.05) is 78.9 Å². The number of hydrogen-bond acceptors (Lipinski definition) is 4. The molecule has 0 saturated carbocycles. The molecule has 0 spiro atoms. The Kier molecular flexibility index (Phi) is 7.71. The molecule has 0 aliphatic carbocycles. The topological polar surface area (TPSA) is 60.4 Å². The first-order valence-electron chi connectivity index (χ1n) is 19.7. The second-order valence-electron chi connectivity index (χ2n) is 15.2. The monoisotopic (exact) mass is 734 g/mol. The van der Waals surface area contributed by atoms with E-state index in [1.807, 2.05) is 42.9 Å². The highest BCUT2D eigenvalue weighted by atomic mass is 15.0. The maximum absolute atomic E-state index is 5.04. The standard InChI is InChI=1S/C51H38N6/c1-51(26-7-9-30-55-51)43-18-5-4-16-39(43)35-23-25-46-42(32-35)50-48(21-12-29-54-50)57(46)37-14-10-13-36(33-37)56-45-24-22-34(31-41(45)49-47(56)20-11-28-53-49)38-15-2-3-17-40(38)44-19-6-8-27-52-44/h2-11,13-20,22-25,27-33H,12,21,26H2,1H3. The quantitative estimate of drug-likeness (QED) is 0.171. The fraction of sp³-hybridized carbons (Fsp3) is 0.0980. The second kappa shape index (κ2) is 13.2. The number of nitrogens with zero attached hydrogens (tertiary/aromatic N) is 6. The van der Waals surface area contributed by atoms with E-state index in [0.717, 1.165) is 91.5 Å². The molecule has 0 amide bonds. The molecule has 5 aromatic carbocycles. The van der Waals surface area contributed by atoms with E-state index < -0.39 is 0 Å². The molecule has 6 heteroatoms. The van der Waals surface area contributed by atoms with E-state index in [0.29, 0.717) is 0 Å². The van der Waals surface area contributed by atoms with Crippen molar-refractivity contribution in [2.75, 3.05) is 0 Å². The van der Waals surface area contributed by atoms with Crippen LogP contribution in [-0.2, 0) is 12.0 Å². The largest absolute Gasteiger partial charge is 0.311 e. The van der Waals surface area contributed by atoms with Crippen LogP contribution in [0.1, 0.15) is 31.0 Å². The predicted molar refractivity (Wildman–Crippen MR) is 236 cm³/mol. The van der Waals surface area contributed by atoms with Crippen molar-refractivity contribution in [1.29, 1.82) is 0 Å². The molecule has 9 aromatic rings. The van der Waals surface area contributed by atoms with Gasteiger partial charge in [-0.15, -0.1) is 0 Å². The van der Waals surface area contributed by atoms with Gasteiger partial charge >= 0.3 is 0 Å². The number of rotatable bonds is 6. The van der Waals surface area contributed by atoms with Crippen LogP contribution in [-0.4, -0.2) is 31.5 Å². The van der Waals surface area contributed by atoms with E-state index in [9.17, 15) is 0 Å². The average molecular weight is 735 g/mol. The summed E-state index contributed by atoms with van der Waals surface area (Å²) >= 11 is 0. The van der Waals surface area contributed by atoms with Gasteiger partial charge < -0.3 is 9.13 Å². The third-order valence-electron chi connectivity index (χ3n) is 11.7. The van der Waals surface area contributed by atoms with Gasteiger partial charge in [0.05, 0.1) is 39.0 Å². The molecule has 0 radical (unpaired) electrons. The van der Waals surface area contributed by atoms with Crippen LogP contribution in [0.25, 0.3) is 77.7 Å². The normalized spacial score (nSPS) is 16.2. The molecule has 1 unspecified atom stereocenters. The first-order chi connectivity index (χ1) is 28.1. The van der Waals surface area contributed by atoms with Crippen LogP contribution in [0.2, 0.25) is 0 Å². The molecule has 1 atom stereocenters. The fourth-order valence-corrected chi connectivity index (χ4v) is 9.06. The molecule has 6 heterocycles. The molecule has 0 fully saturated rings. The first-order valence-corrected chi connectivity index (χ1v) is 19.7. The molecule has 2 aliphatic rings. The van der Waals surface area contributed by atoms with Crippen LogP contribution >= 0.6 is 0 Å². The van der Waals surface area contributed by atoms with Crippen LogP contribution in [0.3, 0.4) is 0 Å². The zero-order valence-electron chi connectivity index (χ0n) is 31.5. The molecule has 57 heavy (non-hydrogen) atoms. The summed E-state index contributed by atoms with van der Waals surface area (Å²) in [6.07, 6.45) is 14.7. The maximum Gasteiger partial charge on any atom is 0.0963 e. The van der Waals surface area contributed by atoms with Crippen molar-refractivity contribution < 1.29 is 0 Å². The minimum absolute atomic E-state index is 0.307. The lowest BCUT2D eigenvalue weighted by Crippen LogP contribution is -2.21. The molecule has 0 bridgehead atoms. The van der Waals surface area contributed by atoms with Crippen molar-refractivity contribution in [2.45, 2.75) is 31.7 Å². The van der Waals surface area contributed by atoms with Crippen molar-refractivity contribution >= 4 is 51.0 Å². The van der Waals surface area contributed by atoms with Crippen LogP contribution in [0, 0.1) is 0 Å². The Morgan fingerprint density at radius 2 is 1.33 bits per heavy atom. The molecular formula is C51H38N6. The van der Waals surface area contributed by atoms with E-state index in [-0.39, 0.29) is 5.54 Å². The number of allylic oxidation sites excluding steroid dienone is 1. The molecule has 11 rings (SSSR count). The lowest BCUT2D eigenvalue weighted by molar-refractivity contribution is 0.506. The summed E-state index contributed by atoms with van der Waals surface area (Å²) in [6, 6.07) is 50.0. The third-order valence-corrected chi connectivity index (χ3v) is 11.7. The van der Waals surface area contributed by atoms with Gasteiger partial charge in [0.2, 0.25) is 0 Å². The van der Waals surface area contributed by atoms with E-state index in [1.165, 1.54) is 22.4 Å². The van der Waals surface area contributed by atoms with Crippen molar-refractivity contribution in [2.24, 2.45) is 9.98 Å². The number of hydrogen-bond donors (Lipinski definition) is 0. The molecule has 6 nitrogen and oxygen atoms in total. The van der Waals surface area contributed by atoms with Gasteiger partial charge in [-0.05, 0) is 127 Å². The summed E-state index contributed by atoms with van der Waals surface area (Å²) in [5.41, 5.74) is 16.5. The number of benzene rings is 5. The van der Waals surface area contributed by atoms with Gasteiger partial charge in [-0.3, -0.25) is 20.0 Å². The highest BCUT2D eigenvalue weighted by molar-refractivity contribution is 6.09. The predicted octanol–water partition coefficient (Wildman–Crippen LogP) is 12.4. The van der Waals surface area contributed by atoms with E-state index in [4.69, 9.17) is 15.0 Å². The number of pyridine rings is 2. The number of dihydropyridines is 1. The summed E-state index contributed by atoms with van der Waals surface area (Å²) in [5.74, 6) is 0. The molecule has 272 valence electrons. The third kappa shape index (κ3) is 5.40.